The maximum atomic E-state index is 12.1. The van der Waals surface area contributed by atoms with E-state index in [0.717, 1.165) is 11.3 Å². The maximum absolute atomic E-state index is 12.1. The SMILES string of the molecule is CN(Cc1cn(-c2ccccc2)nc1-c1ccco1)C(=O)CCC(=O)O. The van der Waals surface area contributed by atoms with Gasteiger partial charge in [0.15, 0.2) is 5.76 Å². The third-order valence-electron chi connectivity index (χ3n) is 3.95. The highest BCUT2D eigenvalue weighted by atomic mass is 16.4. The van der Waals surface area contributed by atoms with E-state index in [9.17, 15) is 9.59 Å². The van der Waals surface area contributed by atoms with Crippen molar-refractivity contribution in [1.82, 2.24) is 14.7 Å². The number of benzene rings is 1. The monoisotopic (exact) mass is 353 g/mol. The summed E-state index contributed by atoms with van der Waals surface area (Å²) in [6, 6.07) is 13.2. The van der Waals surface area contributed by atoms with Gasteiger partial charge < -0.3 is 14.4 Å². The quantitative estimate of drug-likeness (QED) is 0.705. The number of hydrogen-bond acceptors (Lipinski definition) is 4. The van der Waals surface area contributed by atoms with Crippen LogP contribution in [0.25, 0.3) is 17.1 Å². The molecule has 7 heteroatoms. The lowest BCUT2D eigenvalue weighted by Gasteiger charge is -2.16. The van der Waals surface area contributed by atoms with Gasteiger partial charge in [0.05, 0.1) is 18.4 Å². The first-order valence-electron chi connectivity index (χ1n) is 8.18. The predicted octanol–water partition coefficient (Wildman–Crippen LogP) is 2.96. The molecule has 26 heavy (non-hydrogen) atoms. The fourth-order valence-corrected chi connectivity index (χ4v) is 2.61. The Labute approximate surface area is 150 Å². The zero-order valence-electron chi connectivity index (χ0n) is 14.3. The van der Waals surface area contributed by atoms with E-state index in [2.05, 4.69) is 5.10 Å². The molecule has 0 aliphatic rings. The summed E-state index contributed by atoms with van der Waals surface area (Å²) in [5.41, 5.74) is 2.36. The molecule has 0 radical (unpaired) electrons. The molecule has 1 amide bonds. The van der Waals surface area contributed by atoms with Crippen LogP contribution in [0.15, 0.2) is 59.3 Å². The van der Waals surface area contributed by atoms with Crippen molar-refractivity contribution >= 4 is 11.9 Å². The Kier molecular flexibility index (Phi) is 5.17. The van der Waals surface area contributed by atoms with E-state index in [1.54, 1.807) is 24.1 Å². The number of aliphatic carboxylic acids is 1. The van der Waals surface area contributed by atoms with Crippen LogP contribution in [-0.4, -0.2) is 38.7 Å². The molecule has 3 rings (SSSR count). The topological polar surface area (TPSA) is 88.6 Å². The van der Waals surface area contributed by atoms with Crippen LogP contribution in [-0.2, 0) is 16.1 Å². The number of furan rings is 1. The second-order valence-electron chi connectivity index (χ2n) is 5.90. The van der Waals surface area contributed by atoms with Gasteiger partial charge >= 0.3 is 5.97 Å². The number of rotatable bonds is 7. The number of carboxylic acids is 1. The number of carboxylic acid groups (broad SMARTS) is 1. The normalized spacial score (nSPS) is 10.7. The van der Waals surface area contributed by atoms with Gasteiger partial charge in [0.1, 0.15) is 5.69 Å². The first-order valence-corrected chi connectivity index (χ1v) is 8.18. The van der Waals surface area contributed by atoms with Crippen molar-refractivity contribution in [2.75, 3.05) is 7.05 Å². The van der Waals surface area contributed by atoms with Crippen LogP contribution in [0, 0.1) is 0 Å². The predicted molar refractivity (Wildman–Crippen MR) is 94.6 cm³/mol. The zero-order valence-corrected chi connectivity index (χ0v) is 14.3. The van der Waals surface area contributed by atoms with E-state index in [4.69, 9.17) is 9.52 Å². The Morgan fingerprint density at radius 1 is 1.15 bits per heavy atom. The molecule has 0 aliphatic heterocycles. The molecule has 0 saturated heterocycles. The molecule has 2 aromatic heterocycles. The van der Waals surface area contributed by atoms with Crippen molar-refractivity contribution < 1.29 is 19.1 Å². The first-order chi connectivity index (χ1) is 12.5. The van der Waals surface area contributed by atoms with E-state index in [1.807, 2.05) is 42.6 Å². The molecule has 0 unspecified atom stereocenters. The average molecular weight is 353 g/mol. The minimum atomic E-state index is -0.986. The highest BCUT2D eigenvalue weighted by molar-refractivity contribution is 5.80. The molecule has 134 valence electrons. The third-order valence-corrected chi connectivity index (χ3v) is 3.95. The summed E-state index contributed by atoms with van der Waals surface area (Å²) < 4.78 is 7.21. The molecule has 3 aromatic rings. The van der Waals surface area contributed by atoms with Gasteiger partial charge in [0.2, 0.25) is 5.91 Å². The fourth-order valence-electron chi connectivity index (χ4n) is 2.61. The molecular weight excluding hydrogens is 334 g/mol. The standard InChI is InChI=1S/C19H19N3O4/c1-21(17(23)9-10-18(24)25)12-14-13-22(15-6-3-2-4-7-15)20-19(14)16-8-5-11-26-16/h2-8,11,13H,9-10,12H2,1H3,(H,24,25). The van der Waals surface area contributed by atoms with Crippen molar-refractivity contribution in [3.63, 3.8) is 0 Å². The number of carbonyl (C=O) groups excluding carboxylic acids is 1. The first kappa shape index (κ1) is 17.5. The lowest BCUT2D eigenvalue weighted by molar-refractivity contribution is -0.140. The zero-order chi connectivity index (χ0) is 18.5. The molecule has 1 aromatic carbocycles. The molecule has 0 aliphatic carbocycles. The van der Waals surface area contributed by atoms with Gasteiger partial charge in [-0.2, -0.15) is 5.10 Å². The summed E-state index contributed by atoms with van der Waals surface area (Å²) in [5.74, 6) is -0.605. The number of amides is 1. The van der Waals surface area contributed by atoms with Crippen LogP contribution >= 0.6 is 0 Å². The molecule has 2 heterocycles. The second-order valence-corrected chi connectivity index (χ2v) is 5.90. The van der Waals surface area contributed by atoms with Crippen LogP contribution < -0.4 is 0 Å². The van der Waals surface area contributed by atoms with E-state index < -0.39 is 5.97 Å². The number of carbonyl (C=O) groups is 2. The Balaban J connectivity index is 1.86. The number of nitrogens with zero attached hydrogens (tertiary/aromatic N) is 3. The summed E-state index contributed by atoms with van der Waals surface area (Å²) in [5, 5.41) is 13.3. The summed E-state index contributed by atoms with van der Waals surface area (Å²) in [7, 11) is 1.65. The second kappa shape index (κ2) is 7.69. The Bertz CT molecular complexity index is 885. The van der Waals surface area contributed by atoms with E-state index >= 15 is 0 Å². The molecule has 0 fully saturated rings. The van der Waals surface area contributed by atoms with Gasteiger partial charge in [-0.3, -0.25) is 9.59 Å². The van der Waals surface area contributed by atoms with Gasteiger partial charge in [-0.05, 0) is 24.3 Å². The van der Waals surface area contributed by atoms with Crippen molar-refractivity contribution in [2.45, 2.75) is 19.4 Å². The minimum Gasteiger partial charge on any atom is -0.481 e. The summed E-state index contributed by atoms with van der Waals surface area (Å²) in [4.78, 5) is 24.3. The van der Waals surface area contributed by atoms with Gasteiger partial charge in [-0.1, -0.05) is 18.2 Å². The van der Waals surface area contributed by atoms with Crippen LogP contribution in [0.4, 0.5) is 0 Å². The smallest absolute Gasteiger partial charge is 0.303 e. The van der Waals surface area contributed by atoms with Crippen LogP contribution in [0.2, 0.25) is 0 Å². The van der Waals surface area contributed by atoms with Crippen molar-refractivity contribution in [1.29, 1.82) is 0 Å². The van der Waals surface area contributed by atoms with Gasteiger partial charge in [-0.25, -0.2) is 4.68 Å². The Morgan fingerprint density at radius 3 is 2.58 bits per heavy atom. The number of hydrogen-bond donors (Lipinski definition) is 1. The van der Waals surface area contributed by atoms with Gasteiger partial charge in [0, 0.05) is 31.8 Å². The van der Waals surface area contributed by atoms with Crippen molar-refractivity contribution in [3.05, 3.63) is 60.5 Å². The molecule has 0 saturated carbocycles. The fraction of sp³-hybridized carbons (Fsp3) is 0.211. The van der Waals surface area contributed by atoms with Gasteiger partial charge in [-0.15, -0.1) is 0 Å². The van der Waals surface area contributed by atoms with E-state index in [0.29, 0.717) is 18.0 Å². The molecular formula is C19H19N3O4. The molecule has 0 atom stereocenters. The van der Waals surface area contributed by atoms with Crippen LogP contribution in [0.5, 0.6) is 0 Å². The Morgan fingerprint density at radius 2 is 1.92 bits per heavy atom. The summed E-state index contributed by atoms with van der Waals surface area (Å²) in [6.07, 6.45) is 3.21. The maximum Gasteiger partial charge on any atom is 0.303 e. The Hall–Kier alpha value is -3.35. The summed E-state index contributed by atoms with van der Waals surface area (Å²) >= 11 is 0. The number of aromatic nitrogens is 2. The lowest BCUT2D eigenvalue weighted by Crippen LogP contribution is -2.26. The summed E-state index contributed by atoms with van der Waals surface area (Å²) in [6.45, 7) is 0.307. The number of para-hydroxylation sites is 1. The lowest BCUT2D eigenvalue weighted by atomic mass is 10.2. The van der Waals surface area contributed by atoms with Gasteiger partial charge in [0.25, 0.3) is 0 Å². The molecule has 0 bridgehead atoms. The third kappa shape index (κ3) is 4.00. The highest BCUT2D eigenvalue weighted by Gasteiger charge is 2.18. The van der Waals surface area contributed by atoms with Crippen LogP contribution in [0.1, 0.15) is 18.4 Å². The van der Waals surface area contributed by atoms with Crippen LogP contribution in [0.3, 0.4) is 0 Å². The highest BCUT2D eigenvalue weighted by Crippen LogP contribution is 2.25. The minimum absolute atomic E-state index is 0.0330. The average Bonchev–Trinajstić information content (AvgIpc) is 3.29. The molecule has 0 spiro atoms. The van der Waals surface area contributed by atoms with E-state index in [1.165, 1.54) is 4.90 Å². The molecule has 1 N–H and O–H groups in total. The largest absolute Gasteiger partial charge is 0.481 e. The van der Waals surface area contributed by atoms with Crippen molar-refractivity contribution in [2.24, 2.45) is 0 Å². The van der Waals surface area contributed by atoms with Crippen molar-refractivity contribution in [3.8, 4) is 17.1 Å². The molecule has 7 nitrogen and oxygen atoms in total. The van der Waals surface area contributed by atoms with E-state index in [-0.39, 0.29) is 18.7 Å².